The molecule has 0 spiro atoms. The van der Waals surface area contributed by atoms with Gasteiger partial charge in [-0.25, -0.2) is 0 Å². The summed E-state index contributed by atoms with van der Waals surface area (Å²) >= 11 is 12.0. The number of halogens is 2. The van der Waals surface area contributed by atoms with Crippen molar-refractivity contribution < 1.29 is 0 Å². The number of hydrogen-bond acceptors (Lipinski definition) is 2. The molecule has 2 aromatic rings. The highest BCUT2D eigenvalue weighted by atomic mass is 35.5. The van der Waals surface area contributed by atoms with Gasteiger partial charge < -0.3 is 10.3 Å². The summed E-state index contributed by atoms with van der Waals surface area (Å²) in [5.74, 6) is 0. The van der Waals surface area contributed by atoms with E-state index in [2.05, 4.69) is 0 Å². The zero-order chi connectivity index (χ0) is 13.6. The molecule has 3 rings (SSSR count). The lowest BCUT2D eigenvalue weighted by molar-refractivity contribution is 0.718. The molecule has 98 valence electrons. The lowest BCUT2D eigenvalue weighted by Gasteiger charge is -2.13. The minimum absolute atomic E-state index is 0.133. The highest BCUT2D eigenvalue weighted by Gasteiger charge is 2.27. The Kier molecular flexibility index (Phi) is 3.03. The first-order chi connectivity index (χ1) is 9.08. The molecule has 0 aliphatic heterocycles. The molecule has 0 amide bonds. The van der Waals surface area contributed by atoms with Crippen molar-refractivity contribution in [1.29, 1.82) is 0 Å². The molecule has 3 nitrogen and oxygen atoms in total. The summed E-state index contributed by atoms with van der Waals surface area (Å²) < 4.78 is 1.76. The highest BCUT2D eigenvalue weighted by molar-refractivity contribution is 6.42. The number of benzene rings is 1. The van der Waals surface area contributed by atoms with Crippen LogP contribution < -0.4 is 11.3 Å². The van der Waals surface area contributed by atoms with E-state index in [1.54, 1.807) is 22.8 Å². The van der Waals surface area contributed by atoms with Gasteiger partial charge in [-0.15, -0.1) is 0 Å². The molecule has 0 atom stereocenters. The maximum absolute atomic E-state index is 12.2. The standard InChI is InChI=1S/C14H12Cl2N2O/c15-10-4-1-8(7-11(10)16)13-6-5-12(17)14(19)18(13)9-2-3-9/h1,4-7,9H,2-3,17H2. The molecule has 1 heterocycles. The lowest BCUT2D eigenvalue weighted by Crippen LogP contribution is -2.23. The summed E-state index contributed by atoms with van der Waals surface area (Å²) in [6.07, 6.45) is 2.02. The van der Waals surface area contributed by atoms with Gasteiger partial charge in [0.05, 0.1) is 21.4 Å². The molecule has 1 aromatic heterocycles. The van der Waals surface area contributed by atoms with E-state index < -0.39 is 0 Å². The molecule has 1 saturated carbocycles. The van der Waals surface area contributed by atoms with Crippen molar-refractivity contribution >= 4 is 28.9 Å². The van der Waals surface area contributed by atoms with Crippen molar-refractivity contribution in [3.8, 4) is 11.3 Å². The predicted octanol–water partition coefficient (Wildman–Crippen LogP) is 3.74. The predicted molar refractivity (Wildman–Crippen MR) is 78.8 cm³/mol. The molecule has 1 aliphatic rings. The maximum Gasteiger partial charge on any atom is 0.274 e. The Bertz CT molecular complexity index is 705. The molecular formula is C14H12Cl2N2O. The Hall–Kier alpha value is -1.45. The quantitative estimate of drug-likeness (QED) is 0.917. The van der Waals surface area contributed by atoms with E-state index in [0.29, 0.717) is 10.0 Å². The molecule has 1 aliphatic carbocycles. The number of nitrogen functional groups attached to an aromatic ring is 1. The van der Waals surface area contributed by atoms with Crippen LogP contribution in [-0.2, 0) is 0 Å². The Morgan fingerprint density at radius 3 is 2.47 bits per heavy atom. The fraction of sp³-hybridized carbons (Fsp3) is 0.214. The van der Waals surface area contributed by atoms with Gasteiger partial charge in [-0.3, -0.25) is 4.79 Å². The second kappa shape index (κ2) is 4.58. The summed E-state index contributed by atoms with van der Waals surface area (Å²) in [6.45, 7) is 0. The third kappa shape index (κ3) is 2.24. The minimum atomic E-state index is -0.133. The molecule has 19 heavy (non-hydrogen) atoms. The van der Waals surface area contributed by atoms with Crippen molar-refractivity contribution in [3.63, 3.8) is 0 Å². The average Bonchev–Trinajstić information content (AvgIpc) is 3.20. The number of hydrogen-bond donors (Lipinski definition) is 1. The van der Waals surface area contributed by atoms with E-state index in [-0.39, 0.29) is 17.3 Å². The monoisotopic (exact) mass is 294 g/mol. The van der Waals surface area contributed by atoms with Crippen molar-refractivity contribution in [2.75, 3.05) is 5.73 Å². The van der Waals surface area contributed by atoms with Gasteiger partial charge in [0.1, 0.15) is 0 Å². The van der Waals surface area contributed by atoms with Crippen molar-refractivity contribution in [1.82, 2.24) is 4.57 Å². The Morgan fingerprint density at radius 1 is 1.11 bits per heavy atom. The van der Waals surface area contributed by atoms with Crippen molar-refractivity contribution in [2.24, 2.45) is 0 Å². The molecule has 5 heteroatoms. The van der Waals surface area contributed by atoms with Crippen LogP contribution in [-0.4, -0.2) is 4.57 Å². The third-order valence-corrected chi connectivity index (χ3v) is 4.01. The number of anilines is 1. The second-order valence-corrected chi connectivity index (χ2v) is 5.52. The first-order valence-electron chi connectivity index (χ1n) is 6.04. The van der Waals surface area contributed by atoms with E-state index in [0.717, 1.165) is 24.1 Å². The second-order valence-electron chi connectivity index (χ2n) is 4.71. The van der Waals surface area contributed by atoms with Crippen LogP contribution in [0, 0.1) is 0 Å². The molecule has 0 saturated heterocycles. The highest BCUT2D eigenvalue weighted by Crippen LogP contribution is 2.38. The van der Waals surface area contributed by atoms with Gasteiger partial charge >= 0.3 is 0 Å². The SMILES string of the molecule is Nc1ccc(-c2ccc(Cl)c(Cl)c2)n(C2CC2)c1=O. The Labute approximate surface area is 120 Å². The minimum Gasteiger partial charge on any atom is -0.394 e. The molecule has 0 bridgehead atoms. The molecule has 0 radical (unpaired) electrons. The average molecular weight is 295 g/mol. The Morgan fingerprint density at radius 2 is 1.84 bits per heavy atom. The molecule has 1 aromatic carbocycles. The first kappa shape index (κ1) is 12.6. The molecule has 0 unspecified atom stereocenters. The normalized spacial score (nSPS) is 14.6. The van der Waals surface area contributed by atoms with Crippen LogP contribution in [0.1, 0.15) is 18.9 Å². The summed E-state index contributed by atoms with van der Waals surface area (Å²) in [5.41, 5.74) is 7.55. The van der Waals surface area contributed by atoms with Gasteiger partial charge in [0.25, 0.3) is 5.56 Å². The number of nitrogens with two attached hydrogens (primary N) is 1. The topological polar surface area (TPSA) is 48.0 Å². The number of aromatic nitrogens is 1. The largest absolute Gasteiger partial charge is 0.394 e. The fourth-order valence-corrected chi connectivity index (χ4v) is 2.45. The zero-order valence-electron chi connectivity index (χ0n) is 10.1. The van der Waals surface area contributed by atoms with E-state index in [1.165, 1.54) is 0 Å². The smallest absolute Gasteiger partial charge is 0.274 e. The number of rotatable bonds is 2. The fourth-order valence-electron chi connectivity index (χ4n) is 2.15. The van der Waals surface area contributed by atoms with Crippen LogP contribution in [0.25, 0.3) is 11.3 Å². The van der Waals surface area contributed by atoms with Crippen LogP contribution in [0.15, 0.2) is 35.1 Å². The van der Waals surface area contributed by atoms with Crippen LogP contribution in [0.2, 0.25) is 10.0 Å². The number of nitrogens with zero attached hydrogens (tertiary/aromatic N) is 1. The van der Waals surface area contributed by atoms with Crippen molar-refractivity contribution in [2.45, 2.75) is 18.9 Å². The first-order valence-corrected chi connectivity index (χ1v) is 6.80. The van der Waals surface area contributed by atoms with Gasteiger partial charge in [0.15, 0.2) is 0 Å². The molecule has 1 fully saturated rings. The van der Waals surface area contributed by atoms with E-state index in [4.69, 9.17) is 28.9 Å². The van der Waals surface area contributed by atoms with Crippen LogP contribution >= 0.6 is 23.2 Å². The lowest BCUT2D eigenvalue weighted by atomic mass is 10.1. The van der Waals surface area contributed by atoms with Gasteiger partial charge in [0.2, 0.25) is 0 Å². The van der Waals surface area contributed by atoms with Crippen molar-refractivity contribution in [3.05, 3.63) is 50.7 Å². The summed E-state index contributed by atoms with van der Waals surface area (Å²) in [4.78, 5) is 12.2. The summed E-state index contributed by atoms with van der Waals surface area (Å²) in [6, 6.07) is 9.11. The van der Waals surface area contributed by atoms with E-state index >= 15 is 0 Å². The molecule has 2 N–H and O–H groups in total. The Balaban J connectivity index is 2.22. The third-order valence-electron chi connectivity index (χ3n) is 3.27. The maximum atomic E-state index is 12.2. The van der Waals surface area contributed by atoms with Crippen LogP contribution in [0.4, 0.5) is 5.69 Å². The molecular weight excluding hydrogens is 283 g/mol. The summed E-state index contributed by atoms with van der Waals surface area (Å²) in [5, 5.41) is 0.979. The number of pyridine rings is 1. The summed E-state index contributed by atoms with van der Waals surface area (Å²) in [7, 11) is 0. The van der Waals surface area contributed by atoms with Gasteiger partial charge in [0, 0.05) is 6.04 Å². The van der Waals surface area contributed by atoms with E-state index in [1.807, 2.05) is 12.1 Å². The van der Waals surface area contributed by atoms with Crippen LogP contribution in [0.5, 0.6) is 0 Å². The van der Waals surface area contributed by atoms with Gasteiger partial charge in [-0.05, 0) is 42.7 Å². The zero-order valence-corrected chi connectivity index (χ0v) is 11.6. The van der Waals surface area contributed by atoms with Gasteiger partial charge in [-0.1, -0.05) is 29.3 Å². The van der Waals surface area contributed by atoms with E-state index in [9.17, 15) is 4.79 Å². The van der Waals surface area contributed by atoms with Gasteiger partial charge in [-0.2, -0.15) is 0 Å². The van der Waals surface area contributed by atoms with Crippen LogP contribution in [0.3, 0.4) is 0 Å².